The van der Waals surface area contributed by atoms with Crippen LogP contribution in [0.2, 0.25) is 0 Å². The Morgan fingerprint density at radius 1 is 1.41 bits per heavy atom. The van der Waals surface area contributed by atoms with Gasteiger partial charge in [0.25, 0.3) is 0 Å². The molecule has 0 radical (unpaired) electrons. The maximum atomic E-state index is 12.4. The number of nitrogens with one attached hydrogen (secondary N) is 2. The zero-order valence-corrected chi connectivity index (χ0v) is 15.1. The highest BCUT2D eigenvalue weighted by molar-refractivity contribution is 7.10. The van der Waals surface area contributed by atoms with Crippen molar-refractivity contribution in [1.82, 2.24) is 10.6 Å². The third kappa shape index (κ3) is 3.84. The van der Waals surface area contributed by atoms with E-state index in [-0.39, 0.29) is 29.8 Å². The second-order valence-electron chi connectivity index (χ2n) is 7.18. The summed E-state index contributed by atoms with van der Waals surface area (Å²) >= 11 is 1.76. The molecule has 1 aromatic rings. The quantitative estimate of drug-likeness (QED) is 0.879. The molecule has 0 aromatic carbocycles. The number of hydrogen-bond donors (Lipinski definition) is 2. The predicted octanol–water partition coefficient (Wildman–Crippen LogP) is 3.48. The smallest absolute Gasteiger partial charge is 0.237 e. The highest BCUT2D eigenvalue weighted by Crippen LogP contribution is 2.33. The Labute approximate surface area is 143 Å². The van der Waals surface area contributed by atoms with Gasteiger partial charge < -0.3 is 10.6 Å². The number of halogens is 1. The summed E-state index contributed by atoms with van der Waals surface area (Å²) in [5.41, 5.74) is 0.00912. The molecule has 3 unspecified atom stereocenters. The molecule has 22 heavy (non-hydrogen) atoms. The lowest BCUT2D eigenvalue weighted by atomic mass is 9.85. The van der Waals surface area contributed by atoms with Crippen LogP contribution in [0, 0.1) is 5.92 Å². The molecule has 1 saturated heterocycles. The molecular formula is C17H27ClN2OS. The van der Waals surface area contributed by atoms with Crippen LogP contribution in [-0.2, 0) is 10.2 Å². The van der Waals surface area contributed by atoms with Crippen LogP contribution in [-0.4, -0.2) is 24.5 Å². The summed E-state index contributed by atoms with van der Waals surface area (Å²) in [5, 5.41) is 8.82. The Balaban J connectivity index is 0.00000176. The third-order valence-corrected chi connectivity index (χ3v) is 6.31. The first-order valence-electron chi connectivity index (χ1n) is 8.14. The van der Waals surface area contributed by atoms with Crippen LogP contribution in [0.5, 0.6) is 0 Å². The van der Waals surface area contributed by atoms with Crippen LogP contribution in [0.15, 0.2) is 17.5 Å². The summed E-state index contributed by atoms with van der Waals surface area (Å²) in [4.78, 5) is 13.8. The highest BCUT2D eigenvalue weighted by Gasteiger charge is 2.38. The van der Waals surface area contributed by atoms with Crippen LogP contribution < -0.4 is 10.6 Å². The van der Waals surface area contributed by atoms with E-state index in [1.807, 2.05) is 0 Å². The monoisotopic (exact) mass is 342 g/mol. The van der Waals surface area contributed by atoms with Gasteiger partial charge in [-0.3, -0.25) is 4.79 Å². The second-order valence-corrected chi connectivity index (χ2v) is 8.13. The fourth-order valence-electron chi connectivity index (χ4n) is 3.70. The van der Waals surface area contributed by atoms with E-state index in [0.29, 0.717) is 12.6 Å². The van der Waals surface area contributed by atoms with E-state index < -0.39 is 0 Å². The van der Waals surface area contributed by atoms with E-state index in [1.54, 1.807) is 11.3 Å². The summed E-state index contributed by atoms with van der Waals surface area (Å²) < 4.78 is 0. The maximum absolute atomic E-state index is 12.4. The van der Waals surface area contributed by atoms with Gasteiger partial charge in [0.1, 0.15) is 0 Å². The van der Waals surface area contributed by atoms with Crippen molar-refractivity contribution in [3.05, 3.63) is 22.4 Å². The van der Waals surface area contributed by atoms with E-state index >= 15 is 0 Å². The van der Waals surface area contributed by atoms with Gasteiger partial charge in [0.05, 0.1) is 6.04 Å². The van der Waals surface area contributed by atoms with Gasteiger partial charge in [-0.1, -0.05) is 32.8 Å². The van der Waals surface area contributed by atoms with Crippen molar-refractivity contribution in [2.24, 2.45) is 5.92 Å². The molecule has 5 heteroatoms. The van der Waals surface area contributed by atoms with E-state index in [2.05, 4.69) is 42.0 Å². The molecule has 1 aliphatic heterocycles. The SMILES string of the molecule is CC(C)(CNC(=O)C1CC2CCCCC2N1)c1cccs1.Cl. The minimum atomic E-state index is 0. The summed E-state index contributed by atoms with van der Waals surface area (Å²) in [7, 11) is 0. The molecule has 1 aromatic heterocycles. The average Bonchev–Trinajstić information content (AvgIpc) is 3.13. The Kier molecular flexibility index (Phi) is 5.92. The zero-order valence-electron chi connectivity index (χ0n) is 13.4. The number of carbonyl (C=O) groups is 1. The molecule has 2 aliphatic rings. The number of rotatable bonds is 4. The Bertz CT molecular complexity index is 475. The lowest BCUT2D eigenvalue weighted by Gasteiger charge is -2.25. The van der Waals surface area contributed by atoms with E-state index in [9.17, 15) is 4.79 Å². The predicted molar refractivity (Wildman–Crippen MR) is 94.9 cm³/mol. The number of thiophene rings is 1. The number of hydrogen-bond acceptors (Lipinski definition) is 3. The average molecular weight is 343 g/mol. The molecule has 0 spiro atoms. The molecule has 3 atom stereocenters. The molecular weight excluding hydrogens is 316 g/mol. The van der Waals surface area contributed by atoms with Crippen molar-refractivity contribution < 1.29 is 4.79 Å². The first-order valence-corrected chi connectivity index (χ1v) is 9.02. The standard InChI is InChI=1S/C17H26N2OS.ClH/c1-17(2,15-8-5-9-21-15)11-18-16(20)14-10-12-6-3-4-7-13(12)19-14;/h5,8-9,12-14,19H,3-4,6-7,10-11H2,1-2H3,(H,18,20);1H. The number of carbonyl (C=O) groups excluding carboxylic acids is 1. The lowest BCUT2D eigenvalue weighted by molar-refractivity contribution is -0.123. The third-order valence-electron chi connectivity index (χ3n) is 5.07. The molecule has 0 bridgehead atoms. The minimum absolute atomic E-state index is 0. The summed E-state index contributed by atoms with van der Waals surface area (Å²) in [6.45, 7) is 5.10. The van der Waals surface area contributed by atoms with Crippen molar-refractivity contribution in [3.63, 3.8) is 0 Å². The molecule has 1 aliphatic carbocycles. The largest absolute Gasteiger partial charge is 0.354 e. The van der Waals surface area contributed by atoms with Crippen molar-refractivity contribution in [2.45, 2.75) is 63.5 Å². The molecule has 2 N–H and O–H groups in total. The fourth-order valence-corrected chi connectivity index (χ4v) is 4.56. The minimum Gasteiger partial charge on any atom is -0.354 e. The van der Waals surface area contributed by atoms with Crippen molar-refractivity contribution >= 4 is 29.7 Å². The summed E-state index contributed by atoms with van der Waals surface area (Å²) in [6, 6.07) is 4.84. The highest BCUT2D eigenvalue weighted by atomic mass is 35.5. The molecule has 3 rings (SSSR count). The maximum Gasteiger partial charge on any atom is 0.237 e. The van der Waals surface area contributed by atoms with Gasteiger partial charge in [-0.05, 0) is 36.6 Å². The summed E-state index contributed by atoms with van der Waals surface area (Å²) in [6.07, 6.45) is 6.21. The normalized spacial score (nSPS) is 27.8. The van der Waals surface area contributed by atoms with Gasteiger partial charge in [0.2, 0.25) is 5.91 Å². The van der Waals surface area contributed by atoms with E-state index in [1.165, 1.54) is 30.6 Å². The lowest BCUT2D eigenvalue weighted by Crippen LogP contribution is -2.46. The van der Waals surface area contributed by atoms with E-state index in [4.69, 9.17) is 0 Å². The Hall–Kier alpha value is -0.580. The van der Waals surface area contributed by atoms with Gasteiger partial charge in [0, 0.05) is 22.9 Å². The van der Waals surface area contributed by atoms with Crippen molar-refractivity contribution in [3.8, 4) is 0 Å². The molecule has 2 fully saturated rings. The number of fused-ring (bicyclic) bond motifs is 1. The first kappa shape index (κ1) is 17.8. The summed E-state index contributed by atoms with van der Waals surface area (Å²) in [5.74, 6) is 0.911. The fraction of sp³-hybridized carbons (Fsp3) is 0.706. The molecule has 3 nitrogen and oxygen atoms in total. The molecule has 1 saturated carbocycles. The topological polar surface area (TPSA) is 41.1 Å². The van der Waals surface area contributed by atoms with Crippen LogP contribution in [0.3, 0.4) is 0 Å². The van der Waals surface area contributed by atoms with Gasteiger partial charge in [-0.2, -0.15) is 0 Å². The van der Waals surface area contributed by atoms with Gasteiger partial charge in [-0.25, -0.2) is 0 Å². The van der Waals surface area contributed by atoms with Crippen LogP contribution >= 0.6 is 23.7 Å². The molecule has 124 valence electrons. The van der Waals surface area contributed by atoms with E-state index in [0.717, 1.165) is 12.3 Å². The van der Waals surface area contributed by atoms with Crippen LogP contribution in [0.1, 0.15) is 50.8 Å². The van der Waals surface area contributed by atoms with Crippen LogP contribution in [0.4, 0.5) is 0 Å². The zero-order chi connectivity index (χ0) is 14.9. The van der Waals surface area contributed by atoms with Crippen LogP contribution in [0.25, 0.3) is 0 Å². The Morgan fingerprint density at radius 2 is 2.18 bits per heavy atom. The van der Waals surface area contributed by atoms with Gasteiger partial charge in [0.15, 0.2) is 0 Å². The second kappa shape index (κ2) is 7.33. The van der Waals surface area contributed by atoms with Gasteiger partial charge in [-0.15, -0.1) is 23.7 Å². The number of amides is 1. The Morgan fingerprint density at radius 3 is 2.86 bits per heavy atom. The molecule has 1 amide bonds. The van der Waals surface area contributed by atoms with Crippen molar-refractivity contribution in [2.75, 3.05) is 6.54 Å². The molecule has 2 heterocycles. The first-order chi connectivity index (χ1) is 10.1. The van der Waals surface area contributed by atoms with Gasteiger partial charge >= 0.3 is 0 Å². The van der Waals surface area contributed by atoms with Crippen molar-refractivity contribution in [1.29, 1.82) is 0 Å².